The molecule has 120 valence electrons. The third-order valence-electron chi connectivity index (χ3n) is 3.68. The fourth-order valence-corrected chi connectivity index (χ4v) is 3.29. The summed E-state index contributed by atoms with van der Waals surface area (Å²) in [6.07, 6.45) is 0. The van der Waals surface area contributed by atoms with Crippen molar-refractivity contribution in [1.29, 1.82) is 5.26 Å². The predicted molar refractivity (Wildman–Crippen MR) is 93.6 cm³/mol. The van der Waals surface area contributed by atoms with Crippen LogP contribution >= 0.6 is 11.3 Å². The largest absolute Gasteiger partial charge is 0.409 e. The van der Waals surface area contributed by atoms with Gasteiger partial charge in [-0.3, -0.25) is 4.79 Å². The number of thiazole rings is 1. The lowest BCUT2D eigenvalue weighted by molar-refractivity contribution is -0.120. The van der Waals surface area contributed by atoms with Gasteiger partial charge in [0.25, 0.3) is 6.47 Å². The van der Waals surface area contributed by atoms with E-state index in [4.69, 9.17) is 4.74 Å². The van der Waals surface area contributed by atoms with Crippen molar-refractivity contribution in [3.8, 4) is 28.3 Å². The van der Waals surface area contributed by atoms with Gasteiger partial charge in [-0.15, -0.1) is 0 Å². The van der Waals surface area contributed by atoms with Crippen molar-refractivity contribution in [1.82, 2.24) is 14.8 Å². The Morgan fingerprint density at radius 3 is 2.80 bits per heavy atom. The van der Waals surface area contributed by atoms with Crippen LogP contribution < -0.4 is 4.74 Å². The number of benzene rings is 2. The average molecular weight is 346 g/mol. The molecule has 4 rings (SSSR count). The van der Waals surface area contributed by atoms with Crippen LogP contribution in [0.4, 0.5) is 0 Å². The van der Waals surface area contributed by atoms with Crippen molar-refractivity contribution >= 4 is 28.7 Å². The summed E-state index contributed by atoms with van der Waals surface area (Å²) < 4.78 is 6.45. The fourth-order valence-electron chi connectivity index (χ4n) is 2.59. The lowest BCUT2D eigenvalue weighted by atomic mass is 10.1. The Kier molecular flexibility index (Phi) is 3.72. The van der Waals surface area contributed by atoms with Crippen molar-refractivity contribution in [3.63, 3.8) is 0 Å². The first-order valence-electron chi connectivity index (χ1n) is 7.34. The number of hydrogen-bond donors (Lipinski definition) is 0. The standard InChI is InChI=1S/C18H10N4O2S/c19-9-12-6-7-14-15(8-12)22(18-20-16(10-25-18)24-11-23)21-17(14)13-4-2-1-3-5-13/h1-8,10-11H. The summed E-state index contributed by atoms with van der Waals surface area (Å²) in [6, 6.07) is 17.4. The van der Waals surface area contributed by atoms with Gasteiger partial charge in [0.05, 0.1) is 22.5 Å². The number of nitrogens with zero attached hydrogens (tertiary/aromatic N) is 4. The number of aromatic nitrogens is 3. The minimum Gasteiger partial charge on any atom is -0.409 e. The van der Waals surface area contributed by atoms with Gasteiger partial charge < -0.3 is 4.74 Å². The molecule has 0 unspecified atom stereocenters. The van der Waals surface area contributed by atoms with Crippen LogP contribution in [0.15, 0.2) is 53.9 Å². The fraction of sp³-hybridized carbons (Fsp3) is 0. The topological polar surface area (TPSA) is 80.8 Å². The highest BCUT2D eigenvalue weighted by Gasteiger charge is 2.16. The van der Waals surface area contributed by atoms with Crippen LogP contribution in [0.5, 0.6) is 5.88 Å². The van der Waals surface area contributed by atoms with E-state index in [0.29, 0.717) is 17.2 Å². The zero-order valence-electron chi connectivity index (χ0n) is 12.8. The summed E-state index contributed by atoms with van der Waals surface area (Å²) in [5.74, 6) is 0.219. The first-order valence-corrected chi connectivity index (χ1v) is 8.22. The molecule has 0 saturated heterocycles. The Labute approximate surface area is 146 Å². The molecule has 0 atom stereocenters. The van der Waals surface area contributed by atoms with Crippen LogP contribution in [0, 0.1) is 11.3 Å². The monoisotopic (exact) mass is 346 g/mol. The molecule has 0 aliphatic heterocycles. The molecule has 0 fully saturated rings. The summed E-state index contributed by atoms with van der Waals surface area (Å²) in [5.41, 5.74) is 3.07. The SMILES string of the molecule is N#Cc1ccc2c(-c3ccccc3)nn(-c3nc(OC=O)cs3)c2c1. The van der Waals surface area contributed by atoms with E-state index < -0.39 is 0 Å². The Balaban J connectivity index is 1.96. The Hall–Kier alpha value is -3.50. The van der Waals surface area contributed by atoms with Gasteiger partial charge in [0.1, 0.15) is 5.69 Å². The van der Waals surface area contributed by atoms with E-state index in [0.717, 1.165) is 22.2 Å². The highest BCUT2D eigenvalue weighted by atomic mass is 32.1. The third-order valence-corrected chi connectivity index (χ3v) is 4.47. The molecule has 25 heavy (non-hydrogen) atoms. The first kappa shape index (κ1) is 15.1. The van der Waals surface area contributed by atoms with Gasteiger partial charge in [-0.05, 0) is 18.2 Å². The van der Waals surface area contributed by atoms with Gasteiger partial charge in [0.2, 0.25) is 11.0 Å². The zero-order chi connectivity index (χ0) is 17.2. The molecular formula is C18H10N4O2S. The van der Waals surface area contributed by atoms with Crippen LogP contribution in [0.1, 0.15) is 5.56 Å². The van der Waals surface area contributed by atoms with E-state index in [-0.39, 0.29) is 5.88 Å². The van der Waals surface area contributed by atoms with Crippen LogP contribution in [0.2, 0.25) is 0 Å². The summed E-state index contributed by atoms with van der Waals surface area (Å²) >= 11 is 1.30. The highest BCUT2D eigenvalue weighted by Crippen LogP contribution is 2.32. The van der Waals surface area contributed by atoms with E-state index in [9.17, 15) is 10.1 Å². The minimum atomic E-state index is 0.219. The van der Waals surface area contributed by atoms with E-state index in [1.807, 2.05) is 36.4 Å². The second-order valence-corrected chi connectivity index (χ2v) is 5.99. The molecule has 6 nitrogen and oxygen atoms in total. The van der Waals surface area contributed by atoms with Crippen LogP contribution in [0.3, 0.4) is 0 Å². The molecule has 0 aliphatic carbocycles. The number of rotatable bonds is 4. The number of ether oxygens (including phenoxy) is 1. The molecule has 0 N–H and O–H groups in total. The number of hydrogen-bond acceptors (Lipinski definition) is 6. The molecule has 2 aromatic carbocycles. The molecule has 0 amide bonds. The van der Waals surface area contributed by atoms with Crippen molar-refractivity contribution in [3.05, 3.63) is 59.5 Å². The van der Waals surface area contributed by atoms with E-state index in [2.05, 4.69) is 16.2 Å². The second-order valence-electron chi connectivity index (χ2n) is 5.15. The summed E-state index contributed by atoms with van der Waals surface area (Å²) in [7, 11) is 0. The third kappa shape index (κ3) is 2.65. The maximum absolute atomic E-state index is 10.5. The van der Waals surface area contributed by atoms with Crippen LogP contribution in [-0.2, 0) is 4.79 Å². The van der Waals surface area contributed by atoms with Gasteiger partial charge in [0, 0.05) is 10.9 Å². The van der Waals surface area contributed by atoms with Gasteiger partial charge in [-0.25, -0.2) is 4.68 Å². The zero-order valence-corrected chi connectivity index (χ0v) is 13.6. The van der Waals surface area contributed by atoms with Gasteiger partial charge in [-0.2, -0.15) is 15.3 Å². The molecular weight excluding hydrogens is 336 g/mol. The smallest absolute Gasteiger partial charge is 0.299 e. The van der Waals surface area contributed by atoms with E-state index >= 15 is 0 Å². The molecule has 0 spiro atoms. The lowest BCUT2D eigenvalue weighted by Crippen LogP contribution is -1.97. The van der Waals surface area contributed by atoms with E-state index in [1.54, 1.807) is 22.2 Å². The molecule has 0 radical (unpaired) electrons. The van der Waals surface area contributed by atoms with Crippen LogP contribution in [0.25, 0.3) is 27.3 Å². The van der Waals surface area contributed by atoms with Crippen molar-refractivity contribution in [2.24, 2.45) is 0 Å². The highest BCUT2D eigenvalue weighted by molar-refractivity contribution is 7.12. The maximum atomic E-state index is 10.5. The van der Waals surface area contributed by atoms with E-state index in [1.165, 1.54) is 11.3 Å². The quantitative estimate of drug-likeness (QED) is 0.528. The Bertz CT molecular complexity index is 1110. The summed E-state index contributed by atoms with van der Waals surface area (Å²) in [6.45, 7) is 0.337. The lowest BCUT2D eigenvalue weighted by Gasteiger charge is -1.98. The van der Waals surface area contributed by atoms with Gasteiger partial charge in [-0.1, -0.05) is 41.7 Å². The number of carbonyl (C=O) groups excluding carboxylic acids is 1. The average Bonchev–Trinajstić information content (AvgIpc) is 3.26. The molecule has 4 aromatic rings. The predicted octanol–water partition coefficient (Wildman–Crippen LogP) is 3.56. The summed E-state index contributed by atoms with van der Waals surface area (Å²) in [5, 5.41) is 17.0. The van der Waals surface area contributed by atoms with Crippen molar-refractivity contribution in [2.75, 3.05) is 0 Å². The van der Waals surface area contributed by atoms with Crippen molar-refractivity contribution in [2.45, 2.75) is 0 Å². The molecule has 2 heterocycles. The summed E-state index contributed by atoms with van der Waals surface area (Å²) in [4.78, 5) is 14.8. The Morgan fingerprint density at radius 2 is 2.04 bits per heavy atom. The number of carbonyl (C=O) groups is 1. The van der Waals surface area contributed by atoms with Gasteiger partial charge >= 0.3 is 0 Å². The first-order chi connectivity index (χ1) is 12.3. The minimum absolute atomic E-state index is 0.219. The molecule has 0 bridgehead atoms. The number of fused-ring (bicyclic) bond motifs is 1. The van der Waals surface area contributed by atoms with Crippen molar-refractivity contribution < 1.29 is 9.53 Å². The van der Waals surface area contributed by atoms with Crippen LogP contribution in [-0.4, -0.2) is 21.2 Å². The van der Waals surface area contributed by atoms with Gasteiger partial charge in [0.15, 0.2) is 0 Å². The second kappa shape index (κ2) is 6.19. The Morgan fingerprint density at radius 1 is 1.20 bits per heavy atom. The molecule has 2 aromatic heterocycles. The molecule has 7 heteroatoms. The maximum Gasteiger partial charge on any atom is 0.299 e. The normalized spacial score (nSPS) is 10.5. The molecule has 0 aliphatic rings. The number of nitriles is 1. The molecule has 0 saturated carbocycles.